The first-order chi connectivity index (χ1) is 15.1. The molecule has 0 saturated heterocycles. The lowest BCUT2D eigenvalue weighted by molar-refractivity contribution is -0.137. The lowest BCUT2D eigenvalue weighted by atomic mass is 10.2. The van der Waals surface area contributed by atoms with Gasteiger partial charge in [0, 0.05) is 24.0 Å². The van der Waals surface area contributed by atoms with E-state index in [2.05, 4.69) is 15.2 Å². The fourth-order valence-corrected chi connectivity index (χ4v) is 4.17. The Bertz CT molecular complexity index is 1310. The molecule has 0 saturated carbocycles. The summed E-state index contributed by atoms with van der Waals surface area (Å²) in [7, 11) is 0. The van der Waals surface area contributed by atoms with Crippen LogP contribution in [0.15, 0.2) is 30.6 Å². The molecule has 0 fully saturated rings. The van der Waals surface area contributed by atoms with Crippen LogP contribution in [0.1, 0.15) is 12.5 Å². The van der Waals surface area contributed by atoms with E-state index in [1.165, 1.54) is 12.3 Å². The van der Waals surface area contributed by atoms with Crippen molar-refractivity contribution in [1.82, 2.24) is 19.6 Å². The molecule has 0 aliphatic rings. The SMILES string of the molecule is CC(CO)Oc1cc(Cl)c(-c2nnc(-c3cn4cc(C(F)(F)F)cc(Cl)c4n3)s2)cc1F. The number of aliphatic hydroxyl groups excluding tert-OH is 1. The van der Waals surface area contributed by atoms with Gasteiger partial charge in [-0.2, -0.15) is 13.2 Å². The fraction of sp³-hybridized carbons (Fsp3) is 0.211. The number of rotatable bonds is 5. The maximum Gasteiger partial charge on any atom is 0.417 e. The molecule has 0 radical (unpaired) electrons. The molecule has 6 nitrogen and oxygen atoms in total. The van der Waals surface area contributed by atoms with Crippen molar-refractivity contribution >= 4 is 40.2 Å². The zero-order valence-electron chi connectivity index (χ0n) is 16.0. The number of fused-ring (bicyclic) bond motifs is 1. The third-order valence-corrected chi connectivity index (χ3v) is 5.88. The molecule has 13 heteroatoms. The molecule has 1 atom stereocenters. The molecule has 0 spiro atoms. The Morgan fingerprint density at radius 2 is 1.84 bits per heavy atom. The molecular formula is C19H12Cl2F4N4O2S. The summed E-state index contributed by atoms with van der Waals surface area (Å²) in [6.45, 7) is 1.27. The number of aromatic nitrogens is 4. The predicted octanol–water partition coefficient (Wildman–Crippen LogP) is 5.74. The van der Waals surface area contributed by atoms with Crippen LogP contribution in [0.25, 0.3) is 26.9 Å². The molecule has 4 aromatic rings. The Labute approximate surface area is 192 Å². The molecule has 0 bridgehead atoms. The minimum Gasteiger partial charge on any atom is -0.485 e. The molecule has 1 aromatic carbocycles. The normalized spacial score (nSPS) is 13.0. The number of benzene rings is 1. The van der Waals surface area contributed by atoms with E-state index in [1.807, 2.05) is 0 Å². The summed E-state index contributed by atoms with van der Waals surface area (Å²) in [6, 6.07) is 3.19. The van der Waals surface area contributed by atoms with Gasteiger partial charge in [0.15, 0.2) is 22.2 Å². The van der Waals surface area contributed by atoms with Crippen LogP contribution in [0, 0.1) is 5.82 Å². The van der Waals surface area contributed by atoms with Gasteiger partial charge >= 0.3 is 6.18 Å². The van der Waals surface area contributed by atoms with Gasteiger partial charge in [-0.3, -0.25) is 0 Å². The Morgan fingerprint density at radius 1 is 1.12 bits per heavy atom. The first-order valence-electron chi connectivity index (χ1n) is 8.93. The summed E-state index contributed by atoms with van der Waals surface area (Å²) in [5, 5.41) is 17.6. The van der Waals surface area contributed by atoms with Crippen molar-refractivity contribution < 1.29 is 27.4 Å². The van der Waals surface area contributed by atoms with Crippen molar-refractivity contribution in [2.24, 2.45) is 0 Å². The number of hydrogen-bond acceptors (Lipinski definition) is 6. The van der Waals surface area contributed by atoms with Crippen LogP contribution in [0.5, 0.6) is 5.75 Å². The van der Waals surface area contributed by atoms with Crippen LogP contribution in [0.3, 0.4) is 0 Å². The van der Waals surface area contributed by atoms with E-state index in [-0.39, 0.29) is 49.3 Å². The van der Waals surface area contributed by atoms with E-state index in [0.717, 1.165) is 34.1 Å². The van der Waals surface area contributed by atoms with Crippen molar-refractivity contribution in [3.05, 3.63) is 52.0 Å². The monoisotopic (exact) mass is 506 g/mol. The number of imidazole rings is 1. The van der Waals surface area contributed by atoms with Crippen LogP contribution < -0.4 is 4.74 Å². The molecule has 32 heavy (non-hydrogen) atoms. The van der Waals surface area contributed by atoms with Crippen molar-refractivity contribution in [1.29, 1.82) is 0 Å². The summed E-state index contributed by atoms with van der Waals surface area (Å²) in [5.41, 5.74) is -0.312. The van der Waals surface area contributed by atoms with E-state index in [1.54, 1.807) is 6.92 Å². The smallest absolute Gasteiger partial charge is 0.417 e. The lowest BCUT2D eigenvalue weighted by Gasteiger charge is -2.13. The zero-order valence-corrected chi connectivity index (χ0v) is 18.3. The van der Waals surface area contributed by atoms with Crippen molar-refractivity contribution in [3.8, 4) is 27.0 Å². The molecular weight excluding hydrogens is 495 g/mol. The van der Waals surface area contributed by atoms with Gasteiger partial charge in [0.25, 0.3) is 0 Å². The minimum absolute atomic E-state index is 0.120. The van der Waals surface area contributed by atoms with Gasteiger partial charge in [0.05, 0.1) is 22.2 Å². The van der Waals surface area contributed by atoms with Crippen LogP contribution in [0.4, 0.5) is 17.6 Å². The maximum absolute atomic E-state index is 14.4. The molecule has 4 rings (SSSR count). The van der Waals surface area contributed by atoms with Crippen LogP contribution in [-0.2, 0) is 6.18 Å². The second kappa shape index (κ2) is 8.47. The number of pyridine rings is 1. The first-order valence-corrected chi connectivity index (χ1v) is 10.5. The molecule has 0 amide bonds. The number of halogens is 6. The van der Waals surface area contributed by atoms with Gasteiger partial charge in [-0.05, 0) is 19.1 Å². The van der Waals surface area contributed by atoms with Crippen molar-refractivity contribution in [3.63, 3.8) is 0 Å². The standard InChI is InChI=1S/C19H12Cl2F4N4O2S/c1-8(7-30)31-15-4-11(20)10(3-13(15)22)17-27-28-18(32-17)14-6-29-5-9(19(23,24)25)2-12(21)16(29)26-14/h2-6,8,30H,7H2,1H3. The number of hydrogen-bond donors (Lipinski definition) is 1. The summed E-state index contributed by atoms with van der Waals surface area (Å²) in [6.07, 6.45) is -2.97. The lowest BCUT2D eigenvalue weighted by Crippen LogP contribution is -2.16. The Morgan fingerprint density at radius 3 is 2.53 bits per heavy atom. The molecule has 0 aliphatic heterocycles. The van der Waals surface area contributed by atoms with E-state index in [0.29, 0.717) is 0 Å². The average Bonchev–Trinajstić information content (AvgIpc) is 3.37. The van der Waals surface area contributed by atoms with Gasteiger partial charge in [-0.25, -0.2) is 9.37 Å². The van der Waals surface area contributed by atoms with Crippen LogP contribution in [0.2, 0.25) is 10.0 Å². The highest BCUT2D eigenvalue weighted by atomic mass is 35.5. The highest BCUT2D eigenvalue weighted by Crippen LogP contribution is 2.38. The summed E-state index contributed by atoms with van der Waals surface area (Å²) >= 11 is 13.2. The molecule has 1 unspecified atom stereocenters. The second-order valence-electron chi connectivity index (χ2n) is 6.72. The highest BCUT2D eigenvalue weighted by molar-refractivity contribution is 7.18. The number of ether oxygens (including phenoxy) is 1. The molecule has 0 aliphatic carbocycles. The van der Waals surface area contributed by atoms with E-state index < -0.39 is 23.7 Å². The van der Waals surface area contributed by atoms with Crippen molar-refractivity contribution in [2.75, 3.05) is 6.61 Å². The third kappa shape index (κ3) is 4.38. The Kier molecular flexibility index (Phi) is 6.01. The molecule has 168 valence electrons. The molecule has 3 heterocycles. The minimum atomic E-state index is -4.57. The van der Waals surface area contributed by atoms with Gasteiger partial charge in [-0.15, -0.1) is 10.2 Å². The summed E-state index contributed by atoms with van der Waals surface area (Å²) < 4.78 is 59.9. The topological polar surface area (TPSA) is 72.5 Å². The quantitative estimate of drug-likeness (QED) is 0.349. The van der Waals surface area contributed by atoms with Crippen molar-refractivity contribution in [2.45, 2.75) is 19.2 Å². The molecule has 3 aromatic heterocycles. The summed E-state index contributed by atoms with van der Waals surface area (Å²) in [4.78, 5) is 4.23. The summed E-state index contributed by atoms with van der Waals surface area (Å²) in [5.74, 6) is -0.832. The number of alkyl halides is 3. The van der Waals surface area contributed by atoms with E-state index in [4.69, 9.17) is 33.0 Å². The number of nitrogens with zero attached hydrogens (tertiary/aromatic N) is 4. The third-order valence-electron chi connectivity index (χ3n) is 4.31. The van der Waals surface area contributed by atoms with Crippen LogP contribution >= 0.6 is 34.5 Å². The van der Waals surface area contributed by atoms with Gasteiger partial charge in [0.1, 0.15) is 16.8 Å². The predicted molar refractivity (Wildman–Crippen MR) is 112 cm³/mol. The van der Waals surface area contributed by atoms with E-state index >= 15 is 0 Å². The van der Waals surface area contributed by atoms with Gasteiger partial charge in [0.2, 0.25) is 0 Å². The average molecular weight is 507 g/mol. The Balaban J connectivity index is 1.69. The van der Waals surface area contributed by atoms with Gasteiger partial charge < -0.3 is 14.2 Å². The highest BCUT2D eigenvalue weighted by Gasteiger charge is 2.32. The second-order valence-corrected chi connectivity index (χ2v) is 8.51. The maximum atomic E-state index is 14.4. The Hall–Kier alpha value is -2.47. The first kappa shape index (κ1) is 22.7. The molecule has 1 N–H and O–H groups in total. The largest absolute Gasteiger partial charge is 0.485 e. The number of aliphatic hydroxyl groups is 1. The van der Waals surface area contributed by atoms with E-state index in [9.17, 15) is 17.6 Å². The zero-order chi connectivity index (χ0) is 23.2. The van der Waals surface area contributed by atoms with Gasteiger partial charge in [-0.1, -0.05) is 34.5 Å². The fourth-order valence-electron chi connectivity index (χ4n) is 2.79. The van der Waals surface area contributed by atoms with Crippen LogP contribution in [-0.4, -0.2) is 37.4 Å².